The molecule has 1 aliphatic carbocycles. The van der Waals surface area contributed by atoms with Crippen LogP contribution in [0.3, 0.4) is 0 Å². The molecule has 1 aliphatic heterocycles. The molecule has 0 radical (unpaired) electrons. The van der Waals surface area contributed by atoms with E-state index in [9.17, 15) is 9.59 Å². The molecule has 0 unspecified atom stereocenters. The van der Waals surface area contributed by atoms with Crippen LogP contribution in [0.2, 0.25) is 0 Å². The molecule has 3 N–H and O–H groups in total. The second-order valence-corrected chi connectivity index (χ2v) is 8.95. The first-order valence-electron chi connectivity index (χ1n) is 10.1. The maximum Gasteiger partial charge on any atom is 0.256 e. The number of carbonyl (C=O) groups excluding carboxylic acids is 2. The summed E-state index contributed by atoms with van der Waals surface area (Å²) in [5.41, 5.74) is 7.61. The number of carbonyl (C=O) groups is 2. The Balaban J connectivity index is 1.44. The molecule has 7 heteroatoms. The number of ether oxygens (including phenoxy) is 2. The topological polar surface area (TPSA) is 90.7 Å². The average molecular weight is 415 g/mol. The van der Waals surface area contributed by atoms with E-state index in [-0.39, 0.29) is 12.0 Å². The average Bonchev–Trinajstić information content (AvgIpc) is 3.33. The van der Waals surface area contributed by atoms with E-state index in [1.807, 2.05) is 0 Å². The minimum absolute atomic E-state index is 0.151. The second-order valence-electron chi connectivity index (χ2n) is 7.84. The first-order valence-corrected chi connectivity index (χ1v) is 10.9. The van der Waals surface area contributed by atoms with Gasteiger partial charge in [0, 0.05) is 17.0 Å². The summed E-state index contributed by atoms with van der Waals surface area (Å²) >= 11 is 1.47. The number of hydrogen-bond donors (Lipinski definition) is 2. The van der Waals surface area contributed by atoms with Crippen molar-refractivity contribution < 1.29 is 19.1 Å². The Morgan fingerprint density at radius 3 is 2.76 bits per heavy atom. The lowest BCUT2D eigenvalue weighted by atomic mass is 9.88. The smallest absolute Gasteiger partial charge is 0.256 e. The van der Waals surface area contributed by atoms with Gasteiger partial charge in [0.15, 0.2) is 0 Å². The van der Waals surface area contributed by atoms with Crippen LogP contribution in [0.15, 0.2) is 24.3 Å². The molecule has 4 rings (SSSR count). The third-order valence-corrected chi connectivity index (χ3v) is 6.73. The molecule has 2 atom stereocenters. The van der Waals surface area contributed by atoms with Crippen molar-refractivity contribution in [2.24, 2.45) is 11.7 Å². The molecule has 0 spiro atoms. The van der Waals surface area contributed by atoms with Crippen molar-refractivity contribution in [3.05, 3.63) is 45.8 Å². The summed E-state index contributed by atoms with van der Waals surface area (Å²) in [6.07, 6.45) is 5.03. The molecular weight excluding hydrogens is 388 g/mol. The Morgan fingerprint density at radius 2 is 2.07 bits per heavy atom. The predicted molar refractivity (Wildman–Crippen MR) is 113 cm³/mol. The van der Waals surface area contributed by atoms with Crippen LogP contribution in [0.25, 0.3) is 0 Å². The quantitative estimate of drug-likeness (QED) is 0.753. The lowest BCUT2D eigenvalue weighted by Gasteiger charge is -2.18. The van der Waals surface area contributed by atoms with Gasteiger partial charge in [0.1, 0.15) is 17.4 Å². The second kappa shape index (κ2) is 8.55. The normalized spacial score (nSPS) is 20.9. The predicted octanol–water partition coefficient (Wildman–Crippen LogP) is 3.78. The zero-order valence-corrected chi connectivity index (χ0v) is 17.3. The number of anilines is 1. The fraction of sp³-hybridized carbons (Fsp3) is 0.455. The van der Waals surface area contributed by atoms with Gasteiger partial charge in [-0.15, -0.1) is 11.3 Å². The molecule has 0 saturated carbocycles. The van der Waals surface area contributed by atoms with Gasteiger partial charge in [-0.05, 0) is 67.9 Å². The van der Waals surface area contributed by atoms with Crippen molar-refractivity contribution >= 4 is 28.2 Å². The molecule has 29 heavy (non-hydrogen) atoms. The SMILES string of the molecule is C[C@H]1CCc2c(sc(NC(=O)c3ccc(OC[C@H]4CCCO4)cc3)c2C(N)=O)C1. The minimum Gasteiger partial charge on any atom is -0.491 e. The Bertz CT molecular complexity index is 900. The molecule has 1 fully saturated rings. The van der Waals surface area contributed by atoms with Gasteiger partial charge >= 0.3 is 0 Å². The Hall–Kier alpha value is -2.38. The van der Waals surface area contributed by atoms with E-state index < -0.39 is 5.91 Å². The van der Waals surface area contributed by atoms with E-state index >= 15 is 0 Å². The van der Waals surface area contributed by atoms with Gasteiger partial charge in [-0.1, -0.05) is 6.92 Å². The van der Waals surface area contributed by atoms with Crippen LogP contribution >= 0.6 is 11.3 Å². The van der Waals surface area contributed by atoms with Gasteiger partial charge in [-0.3, -0.25) is 9.59 Å². The summed E-state index contributed by atoms with van der Waals surface area (Å²) in [5, 5.41) is 3.45. The van der Waals surface area contributed by atoms with Gasteiger partial charge in [0.05, 0.1) is 11.7 Å². The summed E-state index contributed by atoms with van der Waals surface area (Å²) in [6, 6.07) is 7.00. The van der Waals surface area contributed by atoms with Crippen molar-refractivity contribution in [3.63, 3.8) is 0 Å². The van der Waals surface area contributed by atoms with E-state index in [2.05, 4.69) is 12.2 Å². The lowest BCUT2D eigenvalue weighted by molar-refractivity contribution is 0.0679. The van der Waals surface area contributed by atoms with E-state index in [4.69, 9.17) is 15.2 Å². The Morgan fingerprint density at radius 1 is 1.28 bits per heavy atom. The molecule has 6 nitrogen and oxygen atoms in total. The molecule has 154 valence electrons. The van der Waals surface area contributed by atoms with Crippen molar-refractivity contribution in [1.29, 1.82) is 0 Å². The van der Waals surface area contributed by atoms with Crippen LogP contribution in [0, 0.1) is 5.92 Å². The van der Waals surface area contributed by atoms with Crippen molar-refractivity contribution in [2.75, 3.05) is 18.5 Å². The number of nitrogens with one attached hydrogen (secondary N) is 1. The van der Waals surface area contributed by atoms with Crippen LogP contribution in [0.1, 0.15) is 57.3 Å². The number of primary amides is 1. The van der Waals surface area contributed by atoms with Gasteiger partial charge in [-0.2, -0.15) is 0 Å². The molecule has 1 saturated heterocycles. The van der Waals surface area contributed by atoms with Crippen LogP contribution in [0.5, 0.6) is 5.75 Å². The zero-order valence-electron chi connectivity index (χ0n) is 16.5. The van der Waals surface area contributed by atoms with Gasteiger partial charge in [0.25, 0.3) is 11.8 Å². The van der Waals surface area contributed by atoms with Crippen LogP contribution in [-0.2, 0) is 17.6 Å². The molecule has 2 aromatic rings. The molecule has 2 heterocycles. The lowest BCUT2D eigenvalue weighted by Crippen LogP contribution is -2.19. The monoisotopic (exact) mass is 414 g/mol. The highest BCUT2D eigenvalue weighted by Gasteiger charge is 2.27. The van der Waals surface area contributed by atoms with Crippen molar-refractivity contribution in [3.8, 4) is 5.75 Å². The fourth-order valence-electron chi connectivity index (χ4n) is 3.94. The maximum atomic E-state index is 12.7. The van der Waals surface area contributed by atoms with Crippen molar-refractivity contribution in [2.45, 2.75) is 45.1 Å². The highest BCUT2D eigenvalue weighted by Crippen LogP contribution is 2.39. The molecule has 2 aliphatic rings. The summed E-state index contributed by atoms with van der Waals surface area (Å²) < 4.78 is 11.3. The minimum atomic E-state index is -0.481. The largest absolute Gasteiger partial charge is 0.491 e. The third kappa shape index (κ3) is 4.46. The number of benzene rings is 1. The van der Waals surface area contributed by atoms with E-state index in [1.54, 1.807) is 24.3 Å². The highest BCUT2D eigenvalue weighted by molar-refractivity contribution is 7.17. The standard InChI is InChI=1S/C22H26N2O4S/c1-13-4-9-17-18(11-13)29-22(19(17)20(23)25)24-21(26)14-5-7-15(8-6-14)28-12-16-3-2-10-27-16/h5-8,13,16H,2-4,9-12H2,1H3,(H2,23,25)(H,24,26)/t13-,16+/m0/s1. The third-order valence-electron chi connectivity index (χ3n) is 5.56. The summed E-state index contributed by atoms with van der Waals surface area (Å²) in [5.74, 6) is 0.540. The van der Waals surface area contributed by atoms with E-state index in [0.29, 0.717) is 34.4 Å². The molecular formula is C22H26N2O4S. The number of nitrogens with two attached hydrogens (primary N) is 1. The zero-order chi connectivity index (χ0) is 20.4. The first kappa shape index (κ1) is 19.9. The Kier molecular flexibility index (Phi) is 5.87. The van der Waals surface area contributed by atoms with Gasteiger partial charge in [-0.25, -0.2) is 0 Å². The summed E-state index contributed by atoms with van der Waals surface area (Å²) in [6.45, 7) is 3.52. The first-order chi connectivity index (χ1) is 14.0. The van der Waals surface area contributed by atoms with Gasteiger partial charge in [0.2, 0.25) is 0 Å². The van der Waals surface area contributed by atoms with Crippen LogP contribution in [-0.4, -0.2) is 31.1 Å². The number of rotatable bonds is 6. The number of fused-ring (bicyclic) bond motifs is 1. The molecule has 1 aromatic heterocycles. The van der Waals surface area contributed by atoms with E-state index in [0.717, 1.165) is 49.2 Å². The van der Waals surface area contributed by atoms with Crippen LogP contribution in [0.4, 0.5) is 5.00 Å². The molecule has 2 amide bonds. The Labute approximate surface area is 174 Å². The number of thiophene rings is 1. The molecule has 0 bridgehead atoms. The number of amides is 2. The van der Waals surface area contributed by atoms with E-state index in [1.165, 1.54) is 11.3 Å². The maximum absolute atomic E-state index is 12.7. The fourth-order valence-corrected chi connectivity index (χ4v) is 5.35. The highest BCUT2D eigenvalue weighted by atomic mass is 32.1. The van der Waals surface area contributed by atoms with Crippen molar-refractivity contribution in [1.82, 2.24) is 0 Å². The van der Waals surface area contributed by atoms with Crippen LogP contribution < -0.4 is 15.8 Å². The van der Waals surface area contributed by atoms with Gasteiger partial charge < -0.3 is 20.5 Å². The molecule has 1 aromatic carbocycles. The summed E-state index contributed by atoms with van der Waals surface area (Å²) in [4.78, 5) is 25.9. The summed E-state index contributed by atoms with van der Waals surface area (Å²) in [7, 11) is 0. The number of hydrogen-bond acceptors (Lipinski definition) is 5.